The van der Waals surface area contributed by atoms with E-state index in [1.54, 1.807) is 30.3 Å². The number of nitrogens with one attached hydrogen (secondary N) is 1. The normalized spacial score (nSPS) is 8.71. The Morgan fingerprint density at radius 2 is 2.06 bits per heavy atom. The molecule has 0 saturated carbocycles. The van der Waals surface area contributed by atoms with Gasteiger partial charge in [0.15, 0.2) is 5.78 Å². The highest BCUT2D eigenvalue weighted by molar-refractivity contribution is 9.10. The number of hydrogen-bond donors (Lipinski definition) is 1. The second kappa shape index (κ2) is 5.78. The maximum Gasteiger partial charge on any atom is 0.237 e. The van der Waals surface area contributed by atoms with Crippen LogP contribution in [0.4, 0.5) is 5.69 Å². The van der Waals surface area contributed by atoms with E-state index < -0.39 is 0 Å². The lowest BCUT2D eigenvalue weighted by atomic mass is 10.1. The van der Waals surface area contributed by atoms with Crippen molar-refractivity contribution in [3.8, 4) is 12.1 Å². The van der Waals surface area contributed by atoms with Gasteiger partial charge in [-0.1, -0.05) is 6.07 Å². The SMILES string of the molecule is CC(=O)c1ccc(Br)c(NN=C(C#N)C#N)c1. The number of anilines is 1. The highest BCUT2D eigenvalue weighted by Crippen LogP contribution is 2.23. The van der Waals surface area contributed by atoms with Gasteiger partial charge in [-0.05, 0) is 35.0 Å². The number of Topliss-reactive ketones (excluding diaryl/α,β-unsaturated/α-hetero) is 1. The molecule has 17 heavy (non-hydrogen) atoms. The van der Waals surface area contributed by atoms with Crippen LogP contribution in [0.2, 0.25) is 0 Å². The summed E-state index contributed by atoms with van der Waals surface area (Å²) in [6.45, 7) is 1.45. The molecule has 1 aromatic carbocycles. The molecule has 0 bridgehead atoms. The van der Waals surface area contributed by atoms with E-state index in [1.165, 1.54) is 6.92 Å². The van der Waals surface area contributed by atoms with Gasteiger partial charge < -0.3 is 0 Å². The van der Waals surface area contributed by atoms with Crippen molar-refractivity contribution in [1.82, 2.24) is 0 Å². The van der Waals surface area contributed by atoms with Crippen LogP contribution in [-0.2, 0) is 0 Å². The number of halogens is 1. The summed E-state index contributed by atoms with van der Waals surface area (Å²) in [6, 6.07) is 8.18. The quantitative estimate of drug-likeness (QED) is 0.526. The first kappa shape index (κ1) is 12.9. The predicted molar refractivity (Wildman–Crippen MR) is 66.4 cm³/mol. The zero-order chi connectivity index (χ0) is 12.8. The van der Waals surface area contributed by atoms with Gasteiger partial charge in [0.05, 0.1) is 5.69 Å². The van der Waals surface area contributed by atoms with Crippen molar-refractivity contribution in [1.29, 1.82) is 10.5 Å². The summed E-state index contributed by atoms with van der Waals surface area (Å²) in [5.41, 5.74) is 3.30. The number of carbonyl (C=O) groups excluding carboxylic acids is 1. The molecule has 0 heterocycles. The van der Waals surface area contributed by atoms with Crippen molar-refractivity contribution in [2.45, 2.75) is 6.92 Å². The predicted octanol–water partition coefficient (Wildman–Crippen LogP) is 2.47. The number of benzene rings is 1. The minimum absolute atomic E-state index is 0.0784. The van der Waals surface area contributed by atoms with Gasteiger partial charge in [0.25, 0.3) is 0 Å². The number of hydrazone groups is 1. The number of nitrogens with zero attached hydrogens (tertiary/aromatic N) is 3. The maximum absolute atomic E-state index is 11.2. The van der Waals surface area contributed by atoms with Gasteiger partial charge >= 0.3 is 0 Å². The first-order valence-electron chi connectivity index (χ1n) is 4.53. The van der Waals surface area contributed by atoms with Crippen LogP contribution in [0.25, 0.3) is 0 Å². The van der Waals surface area contributed by atoms with Crippen molar-refractivity contribution in [2.75, 3.05) is 5.43 Å². The molecule has 0 aliphatic rings. The summed E-state index contributed by atoms with van der Waals surface area (Å²) in [4.78, 5) is 11.2. The summed E-state index contributed by atoms with van der Waals surface area (Å²) in [5, 5.41) is 20.6. The Morgan fingerprint density at radius 3 is 2.59 bits per heavy atom. The highest BCUT2D eigenvalue weighted by atomic mass is 79.9. The third kappa shape index (κ3) is 3.40. The molecule has 0 spiro atoms. The first-order chi connectivity index (χ1) is 8.08. The first-order valence-corrected chi connectivity index (χ1v) is 5.32. The molecule has 0 atom stereocenters. The van der Waals surface area contributed by atoms with E-state index in [1.807, 2.05) is 0 Å². The number of carbonyl (C=O) groups is 1. The van der Waals surface area contributed by atoms with Crippen LogP contribution < -0.4 is 5.43 Å². The lowest BCUT2D eigenvalue weighted by Crippen LogP contribution is -1.99. The van der Waals surface area contributed by atoms with Crippen LogP contribution in [0.5, 0.6) is 0 Å². The van der Waals surface area contributed by atoms with E-state index in [9.17, 15) is 4.79 Å². The van der Waals surface area contributed by atoms with Crippen LogP contribution in [0.1, 0.15) is 17.3 Å². The topological polar surface area (TPSA) is 89.0 Å². The lowest BCUT2D eigenvalue weighted by Gasteiger charge is -2.04. The molecule has 0 amide bonds. The van der Waals surface area contributed by atoms with E-state index in [0.29, 0.717) is 15.7 Å². The van der Waals surface area contributed by atoms with Gasteiger partial charge in [-0.15, -0.1) is 0 Å². The summed E-state index contributed by atoms with van der Waals surface area (Å²) >= 11 is 3.26. The van der Waals surface area contributed by atoms with E-state index >= 15 is 0 Å². The van der Waals surface area contributed by atoms with E-state index in [-0.39, 0.29) is 11.5 Å². The van der Waals surface area contributed by atoms with Crippen molar-refractivity contribution < 1.29 is 4.79 Å². The molecule has 0 saturated heterocycles. The average Bonchev–Trinajstić information content (AvgIpc) is 2.32. The fourth-order valence-electron chi connectivity index (χ4n) is 1.02. The minimum atomic E-state index is -0.287. The zero-order valence-electron chi connectivity index (χ0n) is 8.86. The molecule has 6 heteroatoms. The molecule has 1 aromatic rings. The molecule has 0 aliphatic carbocycles. The van der Waals surface area contributed by atoms with Crippen molar-refractivity contribution >= 4 is 33.1 Å². The zero-order valence-corrected chi connectivity index (χ0v) is 10.4. The average molecular weight is 291 g/mol. The Balaban J connectivity index is 3.04. The van der Waals surface area contributed by atoms with Gasteiger partial charge in [0.2, 0.25) is 5.71 Å². The van der Waals surface area contributed by atoms with Crippen LogP contribution in [0.3, 0.4) is 0 Å². The summed E-state index contributed by atoms with van der Waals surface area (Å²) in [6.07, 6.45) is 0. The monoisotopic (exact) mass is 290 g/mol. The van der Waals surface area contributed by atoms with Crippen LogP contribution >= 0.6 is 15.9 Å². The maximum atomic E-state index is 11.2. The van der Waals surface area contributed by atoms with Gasteiger partial charge in [-0.2, -0.15) is 15.6 Å². The number of rotatable bonds is 3. The summed E-state index contributed by atoms with van der Waals surface area (Å²) < 4.78 is 0.682. The Bertz CT molecular complexity index is 550. The van der Waals surface area contributed by atoms with Gasteiger partial charge in [0, 0.05) is 10.0 Å². The number of nitriles is 2. The number of ketones is 1. The Morgan fingerprint density at radius 1 is 1.41 bits per heavy atom. The molecule has 1 N–H and O–H groups in total. The molecule has 0 radical (unpaired) electrons. The fourth-order valence-corrected chi connectivity index (χ4v) is 1.36. The summed E-state index contributed by atoms with van der Waals surface area (Å²) in [7, 11) is 0. The van der Waals surface area contributed by atoms with Crippen LogP contribution in [0.15, 0.2) is 27.8 Å². The molecule has 5 nitrogen and oxygen atoms in total. The highest BCUT2D eigenvalue weighted by Gasteiger charge is 2.04. The van der Waals surface area contributed by atoms with Crippen LogP contribution in [-0.4, -0.2) is 11.5 Å². The lowest BCUT2D eigenvalue weighted by molar-refractivity contribution is 0.101. The Labute approximate surface area is 106 Å². The Hall–Kier alpha value is -2.18. The van der Waals surface area contributed by atoms with Gasteiger partial charge in [-0.3, -0.25) is 10.2 Å². The van der Waals surface area contributed by atoms with Crippen molar-refractivity contribution in [3.63, 3.8) is 0 Å². The molecule has 0 fully saturated rings. The molecular weight excluding hydrogens is 284 g/mol. The molecule has 1 rings (SSSR count). The molecule has 84 valence electrons. The van der Waals surface area contributed by atoms with E-state index in [2.05, 4.69) is 26.5 Å². The van der Waals surface area contributed by atoms with Gasteiger partial charge in [-0.25, -0.2) is 0 Å². The standard InChI is InChI=1S/C11H7BrN4O/c1-7(17)8-2-3-10(12)11(4-8)16-15-9(5-13)6-14/h2-4,16H,1H3. The van der Waals surface area contributed by atoms with Gasteiger partial charge in [0.1, 0.15) is 12.1 Å². The van der Waals surface area contributed by atoms with Crippen LogP contribution in [0, 0.1) is 22.7 Å². The smallest absolute Gasteiger partial charge is 0.237 e. The molecule has 0 unspecified atom stereocenters. The summed E-state index contributed by atoms with van der Waals surface area (Å²) in [5.74, 6) is -0.0784. The Kier molecular flexibility index (Phi) is 4.38. The largest absolute Gasteiger partial charge is 0.295 e. The second-order valence-corrected chi connectivity index (χ2v) is 3.90. The van der Waals surface area contributed by atoms with E-state index in [0.717, 1.165) is 0 Å². The molecular formula is C11H7BrN4O. The molecule has 0 aliphatic heterocycles. The number of hydrogen-bond acceptors (Lipinski definition) is 5. The third-order valence-corrected chi connectivity index (χ3v) is 2.56. The van der Waals surface area contributed by atoms with E-state index in [4.69, 9.17) is 10.5 Å². The fraction of sp³-hybridized carbons (Fsp3) is 0.0909. The van der Waals surface area contributed by atoms with Crippen molar-refractivity contribution in [2.24, 2.45) is 5.10 Å². The van der Waals surface area contributed by atoms with Crippen molar-refractivity contribution in [3.05, 3.63) is 28.2 Å². The second-order valence-electron chi connectivity index (χ2n) is 3.05. The molecule has 0 aromatic heterocycles. The minimum Gasteiger partial charge on any atom is -0.295 e. The third-order valence-electron chi connectivity index (χ3n) is 1.87.